The Labute approximate surface area is 140 Å². The van der Waals surface area contributed by atoms with Gasteiger partial charge in [-0.2, -0.15) is 11.8 Å². The number of non-ortho nitro benzene ring substituents is 1. The number of nitrogens with one attached hydrogen (secondary N) is 2. The van der Waals surface area contributed by atoms with Crippen LogP contribution in [0.3, 0.4) is 0 Å². The van der Waals surface area contributed by atoms with Gasteiger partial charge in [0.2, 0.25) is 0 Å². The average Bonchev–Trinajstić information content (AvgIpc) is 2.43. The van der Waals surface area contributed by atoms with E-state index in [0.29, 0.717) is 6.54 Å². The normalized spacial score (nSPS) is 10.6. The average molecular weight is 410 g/mol. The third-order valence-corrected chi connectivity index (χ3v) is 3.04. The molecule has 0 aliphatic rings. The van der Waals surface area contributed by atoms with Crippen molar-refractivity contribution in [1.82, 2.24) is 10.6 Å². The molecule has 1 aromatic rings. The van der Waals surface area contributed by atoms with Crippen LogP contribution in [0.1, 0.15) is 5.56 Å². The first-order valence-corrected chi connectivity index (χ1v) is 7.23. The molecule has 1 aromatic carbocycles. The van der Waals surface area contributed by atoms with Crippen LogP contribution in [0.25, 0.3) is 0 Å². The summed E-state index contributed by atoms with van der Waals surface area (Å²) in [6.07, 6.45) is 2.05. The van der Waals surface area contributed by atoms with Gasteiger partial charge in [0.15, 0.2) is 5.96 Å². The molecule has 0 bridgehead atoms. The number of nitro groups is 1. The number of guanidine groups is 1. The van der Waals surface area contributed by atoms with E-state index in [1.807, 2.05) is 0 Å². The van der Waals surface area contributed by atoms with Crippen molar-refractivity contribution in [2.24, 2.45) is 4.99 Å². The summed E-state index contributed by atoms with van der Waals surface area (Å²) < 4.78 is 0. The molecular formula is C12H19IN4O2S. The summed E-state index contributed by atoms with van der Waals surface area (Å²) in [5, 5.41) is 16.9. The van der Waals surface area contributed by atoms with Crippen LogP contribution in [-0.2, 0) is 6.54 Å². The van der Waals surface area contributed by atoms with Crippen LogP contribution in [0, 0.1) is 10.1 Å². The third kappa shape index (κ3) is 6.94. The van der Waals surface area contributed by atoms with E-state index in [-0.39, 0.29) is 29.7 Å². The lowest BCUT2D eigenvalue weighted by Gasteiger charge is -2.11. The number of hydrogen-bond acceptors (Lipinski definition) is 4. The Kier molecular flexibility index (Phi) is 10.2. The van der Waals surface area contributed by atoms with Crippen molar-refractivity contribution in [3.63, 3.8) is 0 Å². The SMILES string of the molecule is CN=C(NCCSC)NCc1ccc([N+](=O)[O-])cc1.I. The molecule has 0 aromatic heterocycles. The van der Waals surface area contributed by atoms with E-state index in [1.54, 1.807) is 30.9 Å². The number of nitrogens with zero attached hydrogens (tertiary/aromatic N) is 2. The van der Waals surface area contributed by atoms with Crippen LogP contribution in [0.2, 0.25) is 0 Å². The summed E-state index contributed by atoms with van der Waals surface area (Å²) in [7, 11) is 1.71. The highest BCUT2D eigenvalue weighted by Crippen LogP contribution is 2.11. The lowest BCUT2D eigenvalue weighted by Crippen LogP contribution is -2.37. The highest BCUT2D eigenvalue weighted by Gasteiger charge is 2.04. The molecule has 6 nitrogen and oxygen atoms in total. The summed E-state index contributed by atoms with van der Waals surface area (Å²) in [5.74, 6) is 1.74. The van der Waals surface area contributed by atoms with Gasteiger partial charge in [0.25, 0.3) is 5.69 Å². The fraction of sp³-hybridized carbons (Fsp3) is 0.417. The molecule has 0 atom stereocenters. The Hall–Kier alpha value is -1.03. The summed E-state index contributed by atoms with van der Waals surface area (Å²) in [6.45, 7) is 1.43. The van der Waals surface area contributed by atoms with Crippen molar-refractivity contribution >= 4 is 47.4 Å². The minimum absolute atomic E-state index is 0. The number of aliphatic imine (C=N–C) groups is 1. The van der Waals surface area contributed by atoms with Gasteiger partial charge in [-0.3, -0.25) is 15.1 Å². The number of halogens is 1. The molecule has 0 amide bonds. The van der Waals surface area contributed by atoms with Crippen LogP contribution >= 0.6 is 35.7 Å². The fourth-order valence-electron chi connectivity index (χ4n) is 1.41. The molecule has 0 saturated carbocycles. The summed E-state index contributed by atoms with van der Waals surface area (Å²) >= 11 is 1.76. The van der Waals surface area contributed by atoms with E-state index in [1.165, 1.54) is 12.1 Å². The molecule has 112 valence electrons. The van der Waals surface area contributed by atoms with Gasteiger partial charge < -0.3 is 10.6 Å². The van der Waals surface area contributed by atoms with Gasteiger partial charge in [-0.05, 0) is 11.8 Å². The molecule has 0 fully saturated rings. The highest BCUT2D eigenvalue weighted by molar-refractivity contribution is 14.0. The maximum absolute atomic E-state index is 10.5. The van der Waals surface area contributed by atoms with Crippen LogP contribution < -0.4 is 10.6 Å². The van der Waals surface area contributed by atoms with Gasteiger partial charge in [0, 0.05) is 38.0 Å². The largest absolute Gasteiger partial charge is 0.356 e. The smallest absolute Gasteiger partial charge is 0.269 e. The first-order valence-electron chi connectivity index (χ1n) is 5.84. The minimum atomic E-state index is -0.403. The number of thioether (sulfide) groups is 1. The number of hydrogen-bond donors (Lipinski definition) is 2. The molecule has 0 heterocycles. The zero-order valence-electron chi connectivity index (χ0n) is 11.5. The first-order chi connectivity index (χ1) is 9.17. The second-order valence-electron chi connectivity index (χ2n) is 3.77. The molecule has 0 unspecified atom stereocenters. The summed E-state index contributed by atoms with van der Waals surface area (Å²) in [5.41, 5.74) is 1.07. The van der Waals surface area contributed by atoms with Crippen molar-refractivity contribution in [2.75, 3.05) is 25.6 Å². The molecule has 0 saturated heterocycles. The van der Waals surface area contributed by atoms with Crippen LogP contribution in [0.5, 0.6) is 0 Å². The topological polar surface area (TPSA) is 79.6 Å². The highest BCUT2D eigenvalue weighted by atomic mass is 127. The second kappa shape index (κ2) is 10.7. The quantitative estimate of drug-likeness (QED) is 0.188. The number of nitro benzene ring substituents is 1. The van der Waals surface area contributed by atoms with Gasteiger partial charge in [-0.25, -0.2) is 0 Å². The van der Waals surface area contributed by atoms with E-state index < -0.39 is 4.92 Å². The molecular weight excluding hydrogens is 391 g/mol. The zero-order chi connectivity index (χ0) is 14.1. The van der Waals surface area contributed by atoms with Gasteiger partial charge >= 0.3 is 0 Å². The molecule has 8 heteroatoms. The van der Waals surface area contributed by atoms with Crippen molar-refractivity contribution in [3.05, 3.63) is 39.9 Å². The van der Waals surface area contributed by atoms with Crippen molar-refractivity contribution in [1.29, 1.82) is 0 Å². The molecule has 0 aliphatic carbocycles. The van der Waals surface area contributed by atoms with E-state index in [2.05, 4.69) is 21.9 Å². The first kappa shape index (κ1) is 19.0. The van der Waals surface area contributed by atoms with E-state index >= 15 is 0 Å². The molecule has 1 rings (SSSR count). The van der Waals surface area contributed by atoms with Crippen LogP contribution in [-0.4, -0.2) is 36.5 Å². The molecule has 20 heavy (non-hydrogen) atoms. The second-order valence-corrected chi connectivity index (χ2v) is 4.75. The minimum Gasteiger partial charge on any atom is -0.356 e. The van der Waals surface area contributed by atoms with Gasteiger partial charge in [-0.15, -0.1) is 24.0 Å². The summed E-state index contributed by atoms with van der Waals surface area (Å²) in [4.78, 5) is 14.2. The Morgan fingerprint density at radius 1 is 1.35 bits per heavy atom. The molecule has 0 spiro atoms. The van der Waals surface area contributed by atoms with E-state index in [0.717, 1.165) is 23.8 Å². The predicted octanol–water partition coefficient (Wildman–Crippen LogP) is 2.24. The Morgan fingerprint density at radius 3 is 2.50 bits per heavy atom. The van der Waals surface area contributed by atoms with Crippen LogP contribution in [0.15, 0.2) is 29.3 Å². The monoisotopic (exact) mass is 410 g/mol. The van der Waals surface area contributed by atoms with Crippen molar-refractivity contribution in [2.45, 2.75) is 6.54 Å². The Morgan fingerprint density at radius 2 is 2.00 bits per heavy atom. The number of benzene rings is 1. The fourth-order valence-corrected chi connectivity index (χ4v) is 1.72. The number of rotatable bonds is 6. The van der Waals surface area contributed by atoms with E-state index in [4.69, 9.17) is 0 Å². The Balaban J connectivity index is 0.00000361. The lowest BCUT2D eigenvalue weighted by atomic mass is 10.2. The van der Waals surface area contributed by atoms with E-state index in [9.17, 15) is 10.1 Å². The van der Waals surface area contributed by atoms with Crippen molar-refractivity contribution < 1.29 is 4.92 Å². The summed E-state index contributed by atoms with van der Waals surface area (Å²) in [6, 6.07) is 6.47. The van der Waals surface area contributed by atoms with Crippen molar-refractivity contribution in [3.8, 4) is 0 Å². The maximum atomic E-state index is 10.5. The molecule has 0 aliphatic heterocycles. The molecule has 2 N–H and O–H groups in total. The van der Waals surface area contributed by atoms with Gasteiger partial charge in [0.05, 0.1) is 4.92 Å². The zero-order valence-corrected chi connectivity index (χ0v) is 14.6. The maximum Gasteiger partial charge on any atom is 0.269 e. The van der Waals surface area contributed by atoms with Gasteiger partial charge in [0.1, 0.15) is 0 Å². The third-order valence-electron chi connectivity index (χ3n) is 2.43. The predicted molar refractivity (Wildman–Crippen MR) is 95.1 cm³/mol. The molecule has 0 radical (unpaired) electrons. The lowest BCUT2D eigenvalue weighted by molar-refractivity contribution is -0.384. The van der Waals surface area contributed by atoms with Crippen LogP contribution in [0.4, 0.5) is 5.69 Å². The Bertz CT molecular complexity index is 440. The standard InChI is InChI=1S/C12H18N4O2S.HI/c1-13-12(14-7-8-19-2)15-9-10-3-5-11(6-4-10)16(17)18;/h3-6H,7-9H2,1-2H3,(H2,13,14,15);1H. The van der Waals surface area contributed by atoms with Gasteiger partial charge in [-0.1, -0.05) is 12.1 Å².